The van der Waals surface area contributed by atoms with E-state index in [1.54, 1.807) is 0 Å². The summed E-state index contributed by atoms with van der Waals surface area (Å²) in [6.07, 6.45) is 3.73. The lowest BCUT2D eigenvalue weighted by atomic mass is 10.1. The van der Waals surface area contributed by atoms with E-state index < -0.39 is 0 Å². The molecular formula is C14H20N4. The fraction of sp³-hybridized carbons (Fsp3) is 0.571. The number of aryl methyl sites for hydroxylation is 2. The van der Waals surface area contributed by atoms with Crippen molar-refractivity contribution >= 4 is 5.69 Å². The SMILES string of the molecule is Cc1cc(NCCCNC2CC2)c(C#N)c(C)n1. The van der Waals surface area contributed by atoms with Crippen LogP contribution in [-0.4, -0.2) is 24.1 Å². The largest absolute Gasteiger partial charge is 0.384 e. The normalized spacial score (nSPS) is 14.3. The van der Waals surface area contributed by atoms with Gasteiger partial charge in [0.05, 0.1) is 16.9 Å². The van der Waals surface area contributed by atoms with Crippen molar-refractivity contribution in [1.29, 1.82) is 5.26 Å². The Bertz CT molecular complexity index is 458. The Morgan fingerprint density at radius 2 is 2.17 bits per heavy atom. The van der Waals surface area contributed by atoms with Crippen LogP contribution in [0.15, 0.2) is 6.07 Å². The van der Waals surface area contributed by atoms with E-state index >= 15 is 0 Å². The molecule has 18 heavy (non-hydrogen) atoms. The number of aromatic nitrogens is 1. The van der Waals surface area contributed by atoms with Crippen LogP contribution in [0.1, 0.15) is 36.2 Å². The van der Waals surface area contributed by atoms with Crippen molar-refractivity contribution in [3.05, 3.63) is 23.0 Å². The van der Waals surface area contributed by atoms with Crippen molar-refractivity contribution in [1.82, 2.24) is 10.3 Å². The van der Waals surface area contributed by atoms with Crippen LogP contribution in [-0.2, 0) is 0 Å². The quantitative estimate of drug-likeness (QED) is 0.753. The van der Waals surface area contributed by atoms with Crippen molar-refractivity contribution in [2.75, 3.05) is 18.4 Å². The van der Waals surface area contributed by atoms with E-state index in [4.69, 9.17) is 5.26 Å². The summed E-state index contributed by atoms with van der Waals surface area (Å²) >= 11 is 0. The van der Waals surface area contributed by atoms with Gasteiger partial charge in [0, 0.05) is 18.3 Å². The molecule has 1 heterocycles. The number of nitriles is 1. The third kappa shape index (κ3) is 3.44. The van der Waals surface area contributed by atoms with Crippen LogP contribution >= 0.6 is 0 Å². The molecule has 0 aromatic carbocycles. The lowest BCUT2D eigenvalue weighted by molar-refractivity contribution is 0.659. The number of pyridine rings is 1. The zero-order valence-corrected chi connectivity index (χ0v) is 11.1. The van der Waals surface area contributed by atoms with Gasteiger partial charge < -0.3 is 10.6 Å². The van der Waals surface area contributed by atoms with Gasteiger partial charge in [-0.3, -0.25) is 4.98 Å². The zero-order chi connectivity index (χ0) is 13.0. The van der Waals surface area contributed by atoms with E-state index in [0.29, 0.717) is 5.56 Å². The molecule has 1 aliphatic rings. The molecule has 2 N–H and O–H groups in total. The van der Waals surface area contributed by atoms with Crippen LogP contribution in [0.5, 0.6) is 0 Å². The molecule has 0 unspecified atom stereocenters. The van der Waals surface area contributed by atoms with Crippen LogP contribution in [0.3, 0.4) is 0 Å². The number of hydrogen-bond donors (Lipinski definition) is 2. The first-order valence-corrected chi connectivity index (χ1v) is 6.56. The minimum Gasteiger partial charge on any atom is -0.384 e. The Morgan fingerprint density at radius 1 is 1.39 bits per heavy atom. The second-order valence-electron chi connectivity index (χ2n) is 4.89. The maximum absolute atomic E-state index is 9.13. The summed E-state index contributed by atoms with van der Waals surface area (Å²) in [5, 5.41) is 15.9. The molecule has 1 saturated carbocycles. The molecule has 0 bridgehead atoms. The van der Waals surface area contributed by atoms with Crippen LogP contribution < -0.4 is 10.6 Å². The summed E-state index contributed by atoms with van der Waals surface area (Å²) in [5.41, 5.74) is 3.32. The first-order chi connectivity index (χ1) is 8.70. The van der Waals surface area contributed by atoms with Gasteiger partial charge in [0.2, 0.25) is 0 Å². The monoisotopic (exact) mass is 244 g/mol. The first-order valence-electron chi connectivity index (χ1n) is 6.56. The highest BCUT2D eigenvalue weighted by molar-refractivity contribution is 5.59. The van der Waals surface area contributed by atoms with E-state index in [2.05, 4.69) is 21.7 Å². The third-order valence-electron chi connectivity index (χ3n) is 3.12. The van der Waals surface area contributed by atoms with Gasteiger partial charge in [0.25, 0.3) is 0 Å². The van der Waals surface area contributed by atoms with E-state index in [0.717, 1.165) is 42.6 Å². The smallest absolute Gasteiger partial charge is 0.103 e. The van der Waals surface area contributed by atoms with Crippen LogP contribution in [0.2, 0.25) is 0 Å². The van der Waals surface area contributed by atoms with Gasteiger partial charge in [-0.1, -0.05) is 0 Å². The summed E-state index contributed by atoms with van der Waals surface area (Å²) < 4.78 is 0. The molecule has 4 nitrogen and oxygen atoms in total. The van der Waals surface area contributed by atoms with Gasteiger partial charge in [0.1, 0.15) is 6.07 Å². The average molecular weight is 244 g/mol. The molecule has 0 amide bonds. The first kappa shape index (κ1) is 12.8. The van der Waals surface area contributed by atoms with Crippen molar-refractivity contribution < 1.29 is 0 Å². The van der Waals surface area contributed by atoms with Gasteiger partial charge in [-0.05, 0) is 45.7 Å². The molecule has 0 saturated heterocycles. The molecule has 1 aliphatic carbocycles. The number of nitrogens with one attached hydrogen (secondary N) is 2. The van der Waals surface area contributed by atoms with E-state index in [1.165, 1.54) is 12.8 Å². The molecule has 0 radical (unpaired) electrons. The molecule has 4 heteroatoms. The predicted molar refractivity (Wildman–Crippen MR) is 72.6 cm³/mol. The van der Waals surface area contributed by atoms with Gasteiger partial charge in [-0.15, -0.1) is 0 Å². The lowest BCUT2D eigenvalue weighted by Crippen LogP contribution is -2.20. The molecule has 0 aliphatic heterocycles. The molecule has 0 atom stereocenters. The van der Waals surface area contributed by atoms with E-state index in [9.17, 15) is 0 Å². The maximum Gasteiger partial charge on any atom is 0.103 e. The minimum absolute atomic E-state index is 0.663. The highest BCUT2D eigenvalue weighted by atomic mass is 15.0. The molecule has 96 valence electrons. The second kappa shape index (κ2) is 5.83. The second-order valence-corrected chi connectivity index (χ2v) is 4.89. The maximum atomic E-state index is 9.13. The van der Waals surface area contributed by atoms with Crippen molar-refractivity contribution in [2.24, 2.45) is 0 Å². The standard InChI is InChI=1S/C14H20N4/c1-10-8-14(13(9-15)11(2)18-10)17-7-3-6-16-12-4-5-12/h8,12,16H,3-7H2,1-2H3,(H,17,18). The summed E-state index contributed by atoms with van der Waals surface area (Å²) in [6, 6.07) is 4.93. The fourth-order valence-electron chi connectivity index (χ4n) is 2.01. The predicted octanol–water partition coefficient (Wildman–Crippen LogP) is 2.12. The highest BCUT2D eigenvalue weighted by Crippen LogP contribution is 2.19. The van der Waals surface area contributed by atoms with Crippen molar-refractivity contribution in [3.63, 3.8) is 0 Å². The van der Waals surface area contributed by atoms with Gasteiger partial charge in [-0.25, -0.2) is 0 Å². The number of hydrogen-bond acceptors (Lipinski definition) is 4. The number of rotatable bonds is 6. The average Bonchev–Trinajstić information content (AvgIpc) is 3.12. The minimum atomic E-state index is 0.663. The van der Waals surface area contributed by atoms with Crippen molar-refractivity contribution in [3.8, 4) is 6.07 Å². The van der Waals surface area contributed by atoms with Gasteiger partial charge in [-0.2, -0.15) is 5.26 Å². The Kier molecular flexibility index (Phi) is 4.16. The molecule has 1 aromatic heterocycles. The zero-order valence-electron chi connectivity index (χ0n) is 11.1. The van der Waals surface area contributed by atoms with Gasteiger partial charge in [0.15, 0.2) is 0 Å². The molecule has 1 aromatic rings. The molecule has 2 rings (SSSR count). The van der Waals surface area contributed by atoms with Crippen LogP contribution in [0.25, 0.3) is 0 Å². The Balaban J connectivity index is 1.85. The number of anilines is 1. The van der Waals surface area contributed by atoms with Crippen LogP contribution in [0, 0.1) is 25.2 Å². The summed E-state index contributed by atoms with van der Waals surface area (Å²) in [6.45, 7) is 5.76. The Labute approximate surface area is 108 Å². The van der Waals surface area contributed by atoms with E-state index in [1.807, 2.05) is 19.9 Å². The molecule has 1 fully saturated rings. The summed E-state index contributed by atoms with van der Waals surface area (Å²) in [7, 11) is 0. The topological polar surface area (TPSA) is 60.7 Å². The lowest BCUT2D eigenvalue weighted by Gasteiger charge is -2.11. The number of nitrogens with zero attached hydrogens (tertiary/aromatic N) is 2. The van der Waals surface area contributed by atoms with Gasteiger partial charge >= 0.3 is 0 Å². The highest BCUT2D eigenvalue weighted by Gasteiger charge is 2.19. The third-order valence-corrected chi connectivity index (χ3v) is 3.12. The van der Waals surface area contributed by atoms with Crippen molar-refractivity contribution in [2.45, 2.75) is 39.2 Å². The molecule has 0 spiro atoms. The fourth-order valence-corrected chi connectivity index (χ4v) is 2.01. The van der Waals surface area contributed by atoms with Crippen LogP contribution in [0.4, 0.5) is 5.69 Å². The summed E-state index contributed by atoms with van der Waals surface area (Å²) in [5.74, 6) is 0. The molecular weight excluding hydrogens is 224 g/mol. The Hall–Kier alpha value is -1.60. The summed E-state index contributed by atoms with van der Waals surface area (Å²) in [4.78, 5) is 4.31. The van der Waals surface area contributed by atoms with E-state index in [-0.39, 0.29) is 0 Å². The Morgan fingerprint density at radius 3 is 2.83 bits per heavy atom.